The van der Waals surface area contributed by atoms with Crippen LogP contribution in [0, 0.1) is 13.8 Å². The van der Waals surface area contributed by atoms with Crippen molar-refractivity contribution in [2.24, 2.45) is 0 Å². The van der Waals surface area contributed by atoms with Gasteiger partial charge in [-0.2, -0.15) is 0 Å². The molecule has 0 atom stereocenters. The van der Waals surface area contributed by atoms with Crippen LogP contribution in [0.15, 0.2) is 6.07 Å². The average Bonchev–Trinajstić information content (AvgIpc) is 2.14. The second kappa shape index (κ2) is 5.33. The van der Waals surface area contributed by atoms with Gasteiger partial charge in [0.05, 0.1) is 4.92 Å². The molecule has 17 heavy (non-hydrogen) atoms. The number of nitrogens with zero attached hydrogens (tertiary/aromatic N) is 2. The molecule has 1 heterocycles. The molecule has 0 aliphatic rings. The summed E-state index contributed by atoms with van der Waals surface area (Å²) in [6.07, 6.45) is -4.94. The molecular formula is C7H3BrF3IN2O3. The average molecular weight is 427 g/mol. The number of ether oxygens (including phenoxy) is 1. The summed E-state index contributed by atoms with van der Waals surface area (Å²) in [6, 6.07) is 1.07. The molecule has 0 aliphatic carbocycles. The number of halogens is 5. The quantitative estimate of drug-likeness (QED) is 0.244. The van der Waals surface area contributed by atoms with E-state index in [1.54, 1.807) is 22.6 Å². The van der Waals surface area contributed by atoms with Gasteiger partial charge in [0, 0.05) is 11.4 Å². The first-order valence-corrected chi connectivity index (χ1v) is 6.10. The molecule has 0 radical (unpaired) electrons. The van der Waals surface area contributed by atoms with Gasteiger partial charge in [-0.15, -0.1) is 13.2 Å². The lowest BCUT2D eigenvalue weighted by Crippen LogP contribution is -2.19. The van der Waals surface area contributed by atoms with E-state index in [-0.39, 0.29) is 14.6 Å². The van der Waals surface area contributed by atoms with Gasteiger partial charge in [-0.25, -0.2) is 4.98 Å². The van der Waals surface area contributed by atoms with Gasteiger partial charge in [0.1, 0.15) is 9.26 Å². The predicted molar refractivity (Wildman–Crippen MR) is 62.9 cm³/mol. The first kappa shape index (κ1) is 14.4. The van der Waals surface area contributed by atoms with E-state index in [9.17, 15) is 23.3 Å². The SMILES string of the molecule is O=[N+]([O-])c1cc(I)nc(OC(F)(F)F)c1CBr. The molecule has 0 saturated heterocycles. The lowest BCUT2D eigenvalue weighted by atomic mass is 10.2. The summed E-state index contributed by atoms with van der Waals surface area (Å²) in [7, 11) is 0. The van der Waals surface area contributed by atoms with Crippen molar-refractivity contribution in [3.63, 3.8) is 0 Å². The minimum Gasteiger partial charge on any atom is -0.387 e. The molecule has 0 spiro atoms. The van der Waals surface area contributed by atoms with Crippen LogP contribution in [0.25, 0.3) is 0 Å². The zero-order chi connectivity index (χ0) is 13.2. The maximum Gasteiger partial charge on any atom is 0.574 e. The Labute approximate surface area is 115 Å². The highest BCUT2D eigenvalue weighted by Gasteiger charge is 2.34. The van der Waals surface area contributed by atoms with Crippen molar-refractivity contribution in [2.45, 2.75) is 11.7 Å². The van der Waals surface area contributed by atoms with Gasteiger partial charge in [-0.1, -0.05) is 15.9 Å². The van der Waals surface area contributed by atoms with Crippen LogP contribution >= 0.6 is 38.5 Å². The highest BCUT2D eigenvalue weighted by atomic mass is 127. The van der Waals surface area contributed by atoms with Gasteiger partial charge in [-0.05, 0) is 22.6 Å². The molecule has 5 nitrogen and oxygen atoms in total. The number of hydrogen-bond donors (Lipinski definition) is 0. The largest absolute Gasteiger partial charge is 0.574 e. The molecule has 1 rings (SSSR count). The molecule has 0 aliphatic heterocycles. The fourth-order valence-corrected chi connectivity index (χ4v) is 2.03. The van der Waals surface area contributed by atoms with Crippen molar-refractivity contribution in [1.82, 2.24) is 4.98 Å². The number of aromatic nitrogens is 1. The number of alkyl halides is 4. The fourth-order valence-electron chi connectivity index (χ4n) is 0.989. The Morgan fingerprint density at radius 3 is 2.59 bits per heavy atom. The Hall–Kier alpha value is -0.650. The molecule has 1 aromatic rings. The van der Waals surface area contributed by atoms with E-state index < -0.39 is 22.9 Å². The summed E-state index contributed by atoms with van der Waals surface area (Å²) in [4.78, 5) is 13.4. The van der Waals surface area contributed by atoms with Crippen LogP contribution in [0.3, 0.4) is 0 Å². The number of nitro groups is 1. The first-order chi connectivity index (χ1) is 7.74. The zero-order valence-corrected chi connectivity index (χ0v) is 11.5. The monoisotopic (exact) mass is 426 g/mol. The second-order valence-corrected chi connectivity index (χ2v) is 4.35. The summed E-state index contributed by atoms with van der Waals surface area (Å²) in [5, 5.41) is 10.5. The molecule has 0 aromatic carbocycles. The van der Waals surface area contributed by atoms with E-state index in [1.165, 1.54) is 0 Å². The van der Waals surface area contributed by atoms with Crippen molar-refractivity contribution in [3.8, 4) is 5.88 Å². The lowest BCUT2D eigenvalue weighted by Gasteiger charge is -2.11. The summed E-state index contributed by atoms with van der Waals surface area (Å²) in [5.74, 6) is -0.812. The molecule has 94 valence electrons. The van der Waals surface area contributed by atoms with Crippen LogP contribution in [0.4, 0.5) is 18.9 Å². The van der Waals surface area contributed by atoms with Gasteiger partial charge >= 0.3 is 6.36 Å². The molecule has 0 saturated carbocycles. The Balaban J connectivity index is 3.33. The van der Waals surface area contributed by atoms with Gasteiger partial charge in [-0.3, -0.25) is 10.1 Å². The maximum atomic E-state index is 12.1. The molecule has 0 N–H and O–H groups in total. The molecule has 0 amide bonds. The number of pyridine rings is 1. The fraction of sp³-hybridized carbons (Fsp3) is 0.286. The minimum atomic E-state index is -4.94. The predicted octanol–water partition coefficient (Wildman–Crippen LogP) is 3.39. The topological polar surface area (TPSA) is 65.3 Å². The van der Waals surface area contributed by atoms with Crippen molar-refractivity contribution in [3.05, 3.63) is 25.4 Å². The van der Waals surface area contributed by atoms with E-state index in [4.69, 9.17) is 0 Å². The van der Waals surface area contributed by atoms with Crippen LogP contribution in [0.2, 0.25) is 0 Å². The molecule has 1 aromatic heterocycles. The van der Waals surface area contributed by atoms with Crippen molar-refractivity contribution >= 4 is 44.2 Å². The van der Waals surface area contributed by atoms with Crippen LogP contribution in [-0.4, -0.2) is 16.3 Å². The van der Waals surface area contributed by atoms with Crippen molar-refractivity contribution in [2.75, 3.05) is 0 Å². The molecule has 10 heteroatoms. The maximum absolute atomic E-state index is 12.1. The second-order valence-electron chi connectivity index (χ2n) is 2.69. The molecular weight excluding hydrogens is 424 g/mol. The van der Waals surface area contributed by atoms with Gasteiger partial charge in [0.25, 0.3) is 5.69 Å². The number of hydrogen-bond acceptors (Lipinski definition) is 4. The third-order valence-corrected chi connectivity index (χ3v) is 2.69. The smallest absolute Gasteiger partial charge is 0.387 e. The summed E-state index contributed by atoms with van der Waals surface area (Å²) in [5.41, 5.74) is -0.728. The van der Waals surface area contributed by atoms with Gasteiger partial charge < -0.3 is 4.74 Å². The van der Waals surface area contributed by atoms with Crippen LogP contribution in [0.5, 0.6) is 5.88 Å². The minimum absolute atomic E-state index is 0.0400. The third kappa shape index (κ3) is 3.94. The third-order valence-electron chi connectivity index (χ3n) is 1.57. The summed E-state index contributed by atoms with van der Waals surface area (Å²) < 4.78 is 39.9. The van der Waals surface area contributed by atoms with E-state index >= 15 is 0 Å². The van der Waals surface area contributed by atoms with Crippen LogP contribution in [-0.2, 0) is 5.33 Å². The van der Waals surface area contributed by atoms with E-state index in [2.05, 4.69) is 25.7 Å². The van der Waals surface area contributed by atoms with E-state index in [0.717, 1.165) is 6.07 Å². The van der Waals surface area contributed by atoms with E-state index in [0.29, 0.717) is 0 Å². The molecule has 0 bridgehead atoms. The lowest BCUT2D eigenvalue weighted by molar-refractivity contribution is -0.385. The Bertz CT molecular complexity index is 455. The molecule has 0 fully saturated rings. The standard InChI is InChI=1S/C7H3BrF3IN2O3/c8-2-3-4(14(15)16)1-5(12)13-6(3)17-7(9,10)11/h1H,2H2. The van der Waals surface area contributed by atoms with Crippen LogP contribution < -0.4 is 4.74 Å². The first-order valence-electron chi connectivity index (χ1n) is 3.90. The van der Waals surface area contributed by atoms with E-state index in [1.807, 2.05) is 0 Å². The van der Waals surface area contributed by atoms with Crippen LogP contribution in [0.1, 0.15) is 5.56 Å². The van der Waals surface area contributed by atoms with Gasteiger partial charge in [0.15, 0.2) is 0 Å². The highest BCUT2D eigenvalue weighted by Crippen LogP contribution is 2.33. The Morgan fingerprint density at radius 2 is 2.18 bits per heavy atom. The van der Waals surface area contributed by atoms with Crippen molar-refractivity contribution in [1.29, 1.82) is 0 Å². The Kier molecular flexibility index (Phi) is 4.52. The zero-order valence-electron chi connectivity index (χ0n) is 7.79. The number of rotatable bonds is 3. The normalized spacial score (nSPS) is 11.4. The highest BCUT2D eigenvalue weighted by molar-refractivity contribution is 14.1. The summed E-state index contributed by atoms with van der Waals surface area (Å²) >= 11 is 4.44. The molecule has 0 unspecified atom stereocenters. The Morgan fingerprint density at radius 1 is 1.59 bits per heavy atom. The van der Waals surface area contributed by atoms with Gasteiger partial charge in [0.2, 0.25) is 5.88 Å². The van der Waals surface area contributed by atoms with Crippen molar-refractivity contribution < 1.29 is 22.8 Å². The summed E-state index contributed by atoms with van der Waals surface area (Å²) in [6.45, 7) is 0.